The summed E-state index contributed by atoms with van der Waals surface area (Å²) in [5, 5.41) is 19.1. The fourth-order valence-electron chi connectivity index (χ4n) is 2.77. The quantitative estimate of drug-likeness (QED) is 0.749. The van der Waals surface area contributed by atoms with E-state index in [0.29, 0.717) is 12.8 Å². The molecular formula is C12H23NO3. The third kappa shape index (κ3) is 2.23. The van der Waals surface area contributed by atoms with E-state index in [2.05, 4.69) is 0 Å². The van der Waals surface area contributed by atoms with Crippen molar-refractivity contribution in [2.24, 2.45) is 0 Å². The molecule has 0 aromatic carbocycles. The van der Waals surface area contributed by atoms with Crippen molar-refractivity contribution >= 4 is 5.97 Å². The van der Waals surface area contributed by atoms with Gasteiger partial charge in [0.2, 0.25) is 0 Å². The highest BCUT2D eigenvalue weighted by Crippen LogP contribution is 2.36. The number of rotatable bonds is 5. The zero-order chi connectivity index (χ0) is 12.3. The number of carboxylic acids is 1. The van der Waals surface area contributed by atoms with Crippen molar-refractivity contribution in [1.82, 2.24) is 4.90 Å². The van der Waals surface area contributed by atoms with Gasteiger partial charge < -0.3 is 10.2 Å². The molecule has 1 rings (SSSR count). The van der Waals surface area contributed by atoms with Gasteiger partial charge in [-0.2, -0.15) is 0 Å². The second kappa shape index (κ2) is 5.15. The SMILES string of the molecule is CCCC1(C(=O)O)CCCN1C(C)C(C)O. The van der Waals surface area contributed by atoms with Gasteiger partial charge in [0.1, 0.15) is 5.54 Å². The van der Waals surface area contributed by atoms with Crippen LogP contribution in [-0.4, -0.2) is 45.3 Å². The van der Waals surface area contributed by atoms with Gasteiger partial charge in [-0.15, -0.1) is 0 Å². The standard InChI is InChI=1S/C12H23NO3/c1-4-6-12(11(15)16)7-5-8-13(12)9(2)10(3)14/h9-10,14H,4-8H2,1-3H3,(H,15,16). The minimum Gasteiger partial charge on any atom is -0.480 e. The first-order valence-electron chi connectivity index (χ1n) is 6.14. The molecule has 0 aliphatic carbocycles. The second-order valence-electron chi connectivity index (χ2n) is 4.86. The summed E-state index contributed by atoms with van der Waals surface area (Å²) in [7, 11) is 0. The Morgan fingerprint density at radius 1 is 1.50 bits per heavy atom. The van der Waals surface area contributed by atoms with Crippen LogP contribution >= 0.6 is 0 Å². The molecule has 0 aromatic heterocycles. The molecule has 1 saturated heterocycles. The Hall–Kier alpha value is -0.610. The molecule has 2 N–H and O–H groups in total. The van der Waals surface area contributed by atoms with Gasteiger partial charge in [0, 0.05) is 6.04 Å². The van der Waals surface area contributed by atoms with Crippen LogP contribution in [0.3, 0.4) is 0 Å². The van der Waals surface area contributed by atoms with Gasteiger partial charge >= 0.3 is 5.97 Å². The number of carboxylic acid groups (broad SMARTS) is 1. The molecule has 3 unspecified atom stereocenters. The van der Waals surface area contributed by atoms with Crippen LogP contribution in [-0.2, 0) is 4.79 Å². The van der Waals surface area contributed by atoms with Crippen molar-refractivity contribution in [3.63, 3.8) is 0 Å². The number of likely N-dealkylation sites (tertiary alicyclic amines) is 1. The third-order valence-corrected chi connectivity index (χ3v) is 3.79. The summed E-state index contributed by atoms with van der Waals surface area (Å²) in [6.07, 6.45) is 2.64. The third-order valence-electron chi connectivity index (χ3n) is 3.79. The minimum absolute atomic E-state index is 0.0925. The van der Waals surface area contributed by atoms with Crippen molar-refractivity contribution < 1.29 is 15.0 Å². The molecule has 1 fully saturated rings. The average Bonchev–Trinajstić information content (AvgIpc) is 2.62. The number of nitrogens with zero attached hydrogens (tertiary/aromatic N) is 1. The number of hydrogen-bond donors (Lipinski definition) is 2. The molecule has 0 bridgehead atoms. The van der Waals surface area contributed by atoms with Crippen molar-refractivity contribution in [1.29, 1.82) is 0 Å². The van der Waals surface area contributed by atoms with Gasteiger partial charge in [0.05, 0.1) is 6.10 Å². The van der Waals surface area contributed by atoms with E-state index in [-0.39, 0.29) is 6.04 Å². The molecule has 1 heterocycles. The summed E-state index contributed by atoms with van der Waals surface area (Å²) in [6, 6.07) is -0.0925. The second-order valence-corrected chi connectivity index (χ2v) is 4.86. The van der Waals surface area contributed by atoms with Crippen LogP contribution in [0.1, 0.15) is 46.5 Å². The Morgan fingerprint density at radius 2 is 2.12 bits per heavy atom. The molecule has 1 aliphatic heterocycles. The highest BCUT2D eigenvalue weighted by molar-refractivity contribution is 5.79. The van der Waals surface area contributed by atoms with Crippen molar-refractivity contribution in [3.8, 4) is 0 Å². The van der Waals surface area contributed by atoms with Crippen molar-refractivity contribution in [3.05, 3.63) is 0 Å². The van der Waals surface area contributed by atoms with Gasteiger partial charge in [-0.1, -0.05) is 13.3 Å². The maximum absolute atomic E-state index is 11.5. The first kappa shape index (κ1) is 13.5. The van der Waals surface area contributed by atoms with E-state index >= 15 is 0 Å². The molecule has 0 aromatic rings. The van der Waals surface area contributed by atoms with E-state index in [4.69, 9.17) is 0 Å². The molecule has 0 amide bonds. The zero-order valence-electron chi connectivity index (χ0n) is 10.4. The number of aliphatic hydroxyl groups is 1. The summed E-state index contributed by atoms with van der Waals surface area (Å²) in [6.45, 7) is 6.41. The molecule has 0 saturated carbocycles. The first-order chi connectivity index (χ1) is 7.45. The summed E-state index contributed by atoms with van der Waals surface area (Å²) < 4.78 is 0. The molecule has 1 aliphatic rings. The van der Waals surface area contributed by atoms with Crippen molar-refractivity contribution in [2.45, 2.75) is 64.1 Å². The molecule has 3 atom stereocenters. The lowest BCUT2D eigenvalue weighted by molar-refractivity contribution is -0.153. The molecule has 16 heavy (non-hydrogen) atoms. The summed E-state index contributed by atoms with van der Waals surface area (Å²) in [5.74, 6) is -0.737. The van der Waals surface area contributed by atoms with Crippen LogP contribution in [0.4, 0.5) is 0 Å². The minimum atomic E-state index is -0.745. The number of aliphatic carboxylic acids is 1. The van der Waals surface area contributed by atoms with E-state index < -0.39 is 17.6 Å². The van der Waals surface area contributed by atoms with Crippen LogP contribution < -0.4 is 0 Å². The lowest BCUT2D eigenvalue weighted by Gasteiger charge is -2.39. The zero-order valence-corrected chi connectivity index (χ0v) is 10.4. The van der Waals surface area contributed by atoms with E-state index in [1.807, 2.05) is 18.7 Å². The van der Waals surface area contributed by atoms with E-state index in [0.717, 1.165) is 19.4 Å². The van der Waals surface area contributed by atoms with Crippen LogP contribution in [0.15, 0.2) is 0 Å². The monoisotopic (exact) mass is 229 g/mol. The Morgan fingerprint density at radius 3 is 2.56 bits per heavy atom. The van der Waals surface area contributed by atoms with Crippen LogP contribution in [0.25, 0.3) is 0 Å². The lowest BCUT2D eigenvalue weighted by atomic mass is 9.89. The van der Waals surface area contributed by atoms with Gasteiger partial charge in [0.25, 0.3) is 0 Å². The van der Waals surface area contributed by atoms with E-state index in [9.17, 15) is 15.0 Å². The highest BCUT2D eigenvalue weighted by atomic mass is 16.4. The van der Waals surface area contributed by atoms with Gasteiger partial charge in [-0.3, -0.25) is 9.69 Å². The molecule has 0 spiro atoms. The summed E-state index contributed by atoms with van der Waals surface area (Å²) in [5.41, 5.74) is -0.745. The lowest BCUT2D eigenvalue weighted by Crippen LogP contribution is -2.56. The predicted octanol–water partition coefficient (Wildman–Crippen LogP) is 1.48. The Balaban J connectivity index is 2.93. The molecular weight excluding hydrogens is 206 g/mol. The summed E-state index contributed by atoms with van der Waals surface area (Å²) >= 11 is 0. The van der Waals surface area contributed by atoms with Gasteiger partial charge in [-0.05, 0) is 39.7 Å². The Bertz CT molecular complexity index is 255. The maximum Gasteiger partial charge on any atom is 0.324 e. The number of aliphatic hydroxyl groups excluding tert-OH is 1. The Kier molecular flexibility index (Phi) is 4.33. The number of hydrogen-bond acceptors (Lipinski definition) is 3. The predicted molar refractivity (Wildman–Crippen MR) is 62.4 cm³/mol. The average molecular weight is 229 g/mol. The maximum atomic E-state index is 11.5. The van der Waals surface area contributed by atoms with Gasteiger partial charge in [0.15, 0.2) is 0 Å². The fourth-order valence-corrected chi connectivity index (χ4v) is 2.77. The van der Waals surface area contributed by atoms with Crippen LogP contribution in [0.2, 0.25) is 0 Å². The topological polar surface area (TPSA) is 60.8 Å². The Labute approximate surface area is 97.3 Å². The summed E-state index contributed by atoms with van der Waals surface area (Å²) in [4.78, 5) is 13.5. The number of carbonyl (C=O) groups is 1. The first-order valence-corrected chi connectivity index (χ1v) is 6.14. The molecule has 94 valence electrons. The fraction of sp³-hybridized carbons (Fsp3) is 0.917. The van der Waals surface area contributed by atoms with Crippen LogP contribution in [0.5, 0.6) is 0 Å². The largest absolute Gasteiger partial charge is 0.480 e. The van der Waals surface area contributed by atoms with Gasteiger partial charge in [-0.25, -0.2) is 0 Å². The van der Waals surface area contributed by atoms with Crippen molar-refractivity contribution in [2.75, 3.05) is 6.54 Å². The highest BCUT2D eigenvalue weighted by Gasteiger charge is 2.49. The smallest absolute Gasteiger partial charge is 0.324 e. The normalized spacial score (nSPS) is 30.2. The molecule has 0 radical (unpaired) electrons. The molecule has 4 heteroatoms. The van der Waals surface area contributed by atoms with E-state index in [1.54, 1.807) is 6.92 Å². The van der Waals surface area contributed by atoms with E-state index in [1.165, 1.54) is 0 Å². The van der Waals surface area contributed by atoms with Crippen LogP contribution in [0, 0.1) is 0 Å². The molecule has 4 nitrogen and oxygen atoms in total.